The number of hydrogen-bond acceptors (Lipinski definition) is 5. The highest BCUT2D eigenvalue weighted by molar-refractivity contribution is 6.60. The molecule has 0 spiro atoms. The van der Waals surface area contributed by atoms with Crippen molar-refractivity contribution in [3.63, 3.8) is 0 Å². The minimum absolute atomic E-state index is 0.335. The van der Waals surface area contributed by atoms with Crippen LogP contribution in [0.3, 0.4) is 0 Å². The highest BCUT2D eigenvalue weighted by Crippen LogP contribution is 2.21. The van der Waals surface area contributed by atoms with Crippen molar-refractivity contribution in [3.05, 3.63) is 35.4 Å². The summed E-state index contributed by atoms with van der Waals surface area (Å²) in [4.78, 5) is 11.4. The van der Waals surface area contributed by atoms with E-state index in [1.54, 1.807) is 46.6 Å². The molecule has 0 saturated carbocycles. The van der Waals surface area contributed by atoms with E-state index in [0.29, 0.717) is 24.5 Å². The fourth-order valence-corrected chi connectivity index (χ4v) is 3.92. The molecule has 0 aromatic heterocycles. The summed E-state index contributed by atoms with van der Waals surface area (Å²) in [6, 6.07) is 7.79. The molecule has 0 aliphatic heterocycles. The van der Waals surface area contributed by atoms with Crippen LogP contribution in [0.5, 0.6) is 5.75 Å². The summed E-state index contributed by atoms with van der Waals surface area (Å²) in [5.41, 5.74) is 1.15. The molecule has 128 valence electrons. The molecule has 0 heterocycles. The van der Waals surface area contributed by atoms with E-state index in [0.717, 1.165) is 11.3 Å². The van der Waals surface area contributed by atoms with Crippen LogP contribution in [-0.4, -0.2) is 48.3 Å². The highest BCUT2D eigenvalue weighted by atomic mass is 28.4. The van der Waals surface area contributed by atoms with E-state index in [2.05, 4.69) is 0 Å². The number of benzene rings is 1. The van der Waals surface area contributed by atoms with Gasteiger partial charge in [0.15, 0.2) is 0 Å². The SMILES string of the molecule is COc1ccc(C=C(CCC[Si](OC)(OC)OC)C(=O)O)cc1. The third kappa shape index (κ3) is 5.79. The lowest BCUT2D eigenvalue weighted by molar-refractivity contribution is -0.132. The summed E-state index contributed by atoms with van der Waals surface area (Å²) in [6.45, 7) is 0. The Labute approximate surface area is 138 Å². The molecule has 1 aromatic carbocycles. The Balaban J connectivity index is 2.75. The molecule has 1 rings (SSSR count). The quantitative estimate of drug-likeness (QED) is 0.521. The van der Waals surface area contributed by atoms with Crippen LogP contribution in [0.25, 0.3) is 6.08 Å². The number of methoxy groups -OCH3 is 1. The molecule has 7 heteroatoms. The maximum absolute atomic E-state index is 11.4. The molecule has 0 bridgehead atoms. The Bertz CT molecular complexity index is 514. The first-order valence-corrected chi connectivity index (χ1v) is 9.16. The summed E-state index contributed by atoms with van der Waals surface area (Å²) in [6.07, 6.45) is 2.68. The third-order valence-corrected chi connectivity index (χ3v) is 6.43. The molecule has 0 unspecified atom stereocenters. The predicted octanol–water partition coefficient (Wildman–Crippen LogP) is 2.82. The molecular formula is C16H24O6Si. The molecule has 0 fully saturated rings. The van der Waals surface area contributed by atoms with Crippen molar-refractivity contribution >= 4 is 20.8 Å². The van der Waals surface area contributed by atoms with Gasteiger partial charge >= 0.3 is 14.8 Å². The van der Waals surface area contributed by atoms with Crippen molar-refractivity contribution in [3.8, 4) is 5.75 Å². The van der Waals surface area contributed by atoms with E-state index in [1.807, 2.05) is 12.1 Å². The van der Waals surface area contributed by atoms with E-state index >= 15 is 0 Å². The molecule has 0 atom stereocenters. The van der Waals surface area contributed by atoms with Crippen LogP contribution in [0.4, 0.5) is 0 Å². The number of hydrogen-bond donors (Lipinski definition) is 1. The summed E-state index contributed by atoms with van der Waals surface area (Å²) in [5, 5.41) is 9.36. The fourth-order valence-electron chi connectivity index (χ4n) is 2.19. The van der Waals surface area contributed by atoms with E-state index in [1.165, 1.54) is 0 Å². The summed E-state index contributed by atoms with van der Waals surface area (Å²) in [5.74, 6) is -0.199. The van der Waals surface area contributed by atoms with Gasteiger partial charge in [0.1, 0.15) is 5.75 Å². The van der Waals surface area contributed by atoms with Crippen molar-refractivity contribution in [2.24, 2.45) is 0 Å². The lowest BCUT2D eigenvalue weighted by Gasteiger charge is -2.24. The number of rotatable bonds is 10. The number of carboxylic acid groups (broad SMARTS) is 1. The topological polar surface area (TPSA) is 74.2 Å². The third-order valence-electron chi connectivity index (χ3n) is 3.59. The smallest absolute Gasteiger partial charge is 0.497 e. The van der Waals surface area contributed by atoms with Crippen LogP contribution >= 0.6 is 0 Å². The van der Waals surface area contributed by atoms with Crippen LogP contribution in [0.15, 0.2) is 29.8 Å². The molecule has 0 radical (unpaired) electrons. The van der Waals surface area contributed by atoms with Crippen molar-refractivity contribution in [2.45, 2.75) is 18.9 Å². The van der Waals surface area contributed by atoms with E-state index in [4.69, 9.17) is 18.0 Å². The second kappa shape index (κ2) is 9.46. The Morgan fingerprint density at radius 2 is 1.65 bits per heavy atom. The number of ether oxygens (including phenoxy) is 1. The Hall–Kier alpha value is -1.67. The van der Waals surface area contributed by atoms with Crippen molar-refractivity contribution in [2.75, 3.05) is 28.4 Å². The second-order valence-corrected chi connectivity index (χ2v) is 7.99. The molecule has 23 heavy (non-hydrogen) atoms. The van der Waals surface area contributed by atoms with Gasteiger partial charge in [0.25, 0.3) is 0 Å². The van der Waals surface area contributed by atoms with E-state index in [9.17, 15) is 9.90 Å². The van der Waals surface area contributed by atoms with Crippen molar-refractivity contribution in [1.82, 2.24) is 0 Å². The average Bonchev–Trinajstić information content (AvgIpc) is 2.58. The number of carboxylic acids is 1. The lowest BCUT2D eigenvalue weighted by atomic mass is 10.1. The van der Waals surface area contributed by atoms with E-state index in [-0.39, 0.29) is 0 Å². The summed E-state index contributed by atoms with van der Waals surface area (Å²) in [7, 11) is 3.57. The molecule has 1 N–H and O–H groups in total. The van der Waals surface area contributed by atoms with Crippen LogP contribution < -0.4 is 4.74 Å². The highest BCUT2D eigenvalue weighted by Gasteiger charge is 2.37. The second-order valence-electron chi connectivity index (χ2n) is 4.90. The average molecular weight is 340 g/mol. The number of carbonyl (C=O) groups is 1. The maximum atomic E-state index is 11.4. The van der Waals surface area contributed by atoms with Gasteiger partial charge in [-0.05, 0) is 36.6 Å². The summed E-state index contributed by atoms with van der Waals surface area (Å²) < 4.78 is 21.1. The van der Waals surface area contributed by atoms with Gasteiger partial charge in [-0.15, -0.1) is 0 Å². The fraction of sp³-hybridized carbons (Fsp3) is 0.438. The first-order valence-electron chi connectivity index (χ1n) is 7.23. The van der Waals surface area contributed by atoms with Crippen LogP contribution in [0.1, 0.15) is 18.4 Å². The van der Waals surface area contributed by atoms with Crippen LogP contribution in [0, 0.1) is 0 Å². The minimum atomic E-state index is -2.66. The first kappa shape index (κ1) is 19.4. The van der Waals surface area contributed by atoms with E-state index < -0.39 is 14.8 Å². The van der Waals surface area contributed by atoms with Gasteiger partial charge in [0, 0.05) is 32.9 Å². The molecule has 1 aromatic rings. The van der Waals surface area contributed by atoms with Gasteiger partial charge in [-0.1, -0.05) is 12.1 Å². The summed E-state index contributed by atoms with van der Waals surface area (Å²) >= 11 is 0. The molecule has 0 saturated heterocycles. The maximum Gasteiger partial charge on any atom is 0.500 e. The van der Waals surface area contributed by atoms with Gasteiger partial charge in [-0.25, -0.2) is 4.79 Å². The number of aliphatic carboxylic acids is 1. The predicted molar refractivity (Wildman–Crippen MR) is 89.4 cm³/mol. The van der Waals surface area contributed by atoms with Gasteiger partial charge < -0.3 is 23.1 Å². The molecule has 0 aliphatic rings. The monoisotopic (exact) mass is 340 g/mol. The zero-order valence-corrected chi connectivity index (χ0v) is 15.0. The minimum Gasteiger partial charge on any atom is -0.497 e. The lowest BCUT2D eigenvalue weighted by Crippen LogP contribution is -2.42. The Morgan fingerprint density at radius 1 is 1.09 bits per heavy atom. The van der Waals surface area contributed by atoms with Gasteiger partial charge in [-0.3, -0.25) is 0 Å². The van der Waals surface area contributed by atoms with Gasteiger partial charge in [-0.2, -0.15) is 0 Å². The van der Waals surface area contributed by atoms with Gasteiger partial charge in [0.05, 0.1) is 7.11 Å². The normalized spacial score (nSPS) is 12.3. The van der Waals surface area contributed by atoms with Crippen LogP contribution in [-0.2, 0) is 18.1 Å². The molecule has 6 nitrogen and oxygen atoms in total. The molecule has 0 amide bonds. The standard InChI is InChI=1S/C16H24O6Si/c1-19-15-9-7-13(8-10-15)12-14(16(17)18)6-5-11-23(20-2,21-3)22-4/h7-10,12H,5-6,11H2,1-4H3,(H,17,18). The largest absolute Gasteiger partial charge is 0.500 e. The first-order chi connectivity index (χ1) is 11.0. The zero-order chi connectivity index (χ0) is 17.3. The Morgan fingerprint density at radius 3 is 2.09 bits per heavy atom. The van der Waals surface area contributed by atoms with Crippen molar-refractivity contribution < 1.29 is 27.9 Å². The van der Waals surface area contributed by atoms with Crippen molar-refractivity contribution in [1.29, 1.82) is 0 Å². The van der Waals surface area contributed by atoms with Crippen LogP contribution in [0.2, 0.25) is 6.04 Å². The zero-order valence-electron chi connectivity index (χ0n) is 14.0. The van der Waals surface area contributed by atoms with Gasteiger partial charge in [0.2, 0.25) is 0 Å². The molecule has 0 aliphatic carbocycles. The molecular weight excluding hydrogens is 316 g/mol. The Kier molecular flexibility index (Phi) is 7.97.